The topological polar surface area (TPSA) is 57.6 Å². The van der Waals surface area contributed by atoms with E-state index in [4.69, 9.17) is 5.11 Å². The molecule has 1 aliphatic heterocycles. The van der Waals surface area contributed by atoms with E-state index in [1.165, 1.54) is 0 Å². The number of nitrogens with zero attached hydrogens (tertiary/aromatic N) is 1. The van der Waals surface area contributed by atoms with Gasteiger partial charge in [-0.05, 0) is 44.2 Å². The molecule has 1 aliphatic rings. The van der Waals surface area contributed by atoms with Gasteiger partial charge in [-0.3, -0.25) is 0 Å². The van der Waals surface area contributed by atoms with Crippen molar-refractivity contribution in [3.8, 4) is 0 Å². The number of benzene rings is 1. The van der Waals surface area contributed by atoms with Crippen LogP contribution in [0.2, 0.25) is 0 Å². The SMILES string of the molecule is Cc1ccccc1S(=O)(=O)N1CCCC1CCCO. The van der Waals surface area contributed by atoms with E-state index in [0.29, 0.717) is 17.9 Å². The highest BCUT2D eigenvalue weighted by Crippen LogP contribution is 2.29. The first-order valence-corrected chi connectivity index (χ1v) is 8.19. The molecule has 1 fully saturated rings. The molecule has 0 bridgehead atoms. The Morgan fingerprint density at radius 2 is 2.11 bits per heavy atom. The lowest BCUT2D eigenvalue weighted by molar-refractivity contribution is 0.264. The molecular weight excluding hydrogens is 262 g/mol. The number of sulfonamides is 1. The first kappa shape index (κ1) is 14.5. The molecule has 1 saturated heterocycles. The maximum atomic E-state index is 12.7. The van der Waals surface area contributed by atoms with Crippen LogP contribution in [-0.4, -0.2) is 37.0 Å². The first-order valence-electron chi connectivity index (χ1n) is 6.75. The van der Waals surface area contributed by atoms with E-state index in [0.717, 1.165) is 24.8 Å². The summed E-state index contributed by atoms with van der Waals surface area (Å²) < 4.78 is 27.0. The average Bonchev–Trinajstić information content (AvgIpc) is 2.85. The lowest BCUT2D eigenvalue weighted by Gasteiger charge is -2.24. The molecule has 0 saturated carbocycles. The smallest absolute Gasteiger partial charge is 0.243 e. The molecule has 19 heavy (non-hydrogen) atoms. The Kier molecular flexibility index (Phi) is 4.60. The second kappa shape index (κ2) is 6.03. The summed E-state index contributed by atoms with van der Waals surface area (Å²) in [4.78, 5) is 0.408. The molecule has 5 heteroatoms. The van der Waals surface area contributed by atoms with Gasteiger partial charge < -0.3 is 5.11 Å². The van der Waals surface area contributed by atoms with Crippen molar-refractivity contribution in [1.29, 1.82) is 0 Å². The molecule has 1 heterocycles. The molecule has 0 aliphatic carbocycles. The van der Waals surface area contributed by atoms with Crippen molar-refractivity contribution in [1.82, 2.24) is 4.31 Å². The fraction of sp³-hybridized carbons (Fsp3) is 0.571. The third-order valence-corrected chi connectivity index (χ3v) is 5.81. The summed E-state index contributed by atoms with van der Waals surface area (Å²) in [5, 5.41) is 8.91. The Morgan fingerprint density at radius 1 is 1.37 bits per heavy atom. The number of aliphatic hydroxyl groups is 1. The predicted octanol–water partition coefficient (Wildman–Crippen LogP) is 1.92. The maximum absolute atomic E-state index is 12.7. The van der Waals surface area contributed by atoms with E-state index in [1.54, 1.807) is 16.4 Å². The second-order valence-electron chi connectivity index (χ2n) is 5.04. The van der Waals surface area contributed by atoms with Crippen molar-refractivity contribution in [3.63, 3.8) is 0 Å². The standard InChI is InChI=1S/C14H21NO3S/c1-12-6-2-3-9-14(12)19(17,18)15-10-4-7-13(15)8-5-11-16/h2-3,6,9,13,16H,4-5,7-8,10-11H2,1H3. The van der Waals surface area contributed by atoms with Gasteiger partial charge in [-0.2, -0.15) is 4.31 Å². The number of hydrogen-bond donors (Lipinski definition) is 1. The summed E-state index contributed by atoms with van der Waals surface area (Å²) in [6.45, 7) is 2.53. The Balaban J connectivity index is 2.26. The van der Waals surface area contributed by atoms with Crippen molar-refractivity contribution >= 4 is 10.0 Å². The summed E-state index contributed by atoms with van der Waals surface area (Å²) in [6, 6.07) is 7.15. The highest BCUT2D eigenvalue weighted by Gasteiger charge is 2.35. The Bertz CT molecular complexity index is 527. The van der Waals surface area contributed by atoms with Gasteiger partial charge in [-0.15, -0.1) is 0 Å². The minimum absolute atomic E-state index is 0.0387. The summed E-state index contributed by atoms with van der Waals surface area (Å²) in [6.07, 6.45) is 3.19. The van der Waals surface area contributed by atoms with Crippen molar-refractivity contribution in [3.05, 3.63) is 29.8 Å². The van der Waals surface area contributed by atoms with Crippen LogP contribution in [0.4, 0.5) is 0 Å². The zero-order valence-corrected chi connectivity index (χ0v) is 12.1. The fourth-order valence-corrected chi connectivity index (χ4v) is 4.66. The van der Waals surface area contributed by atoms with Crippen molar-refractivity contribution in [2.75, 3.05) is 13.2 Å². The Labute approximate surface area is 115 Å². The number of rotatable bonds is 5. The number of aliphatic hydroxyl groups excluding tert-OH is 1. The van der Waals surface area contributed by atoms with E-state index in [1.807, 2.05) is 19.1 Å². The molecule has 0 aromatic heterocycles. The van der Waals surface area contributed by atoms with Crippen LogP contribution in [0.1, 0.15) is 31.2 Å². The largest absolute Gasteiger partial charge is 0.396 e. The van der Waals surface area contributed by atoms with E-state index in [9.17, 15) is 8.42 Å². The molecule has 1 aromatic rings. The van der Waals surface area contributed by atoms with Crippen LogP contribution >= 0.6 is 0 Å². The minimum Gasteiger partial charge on any atom is -0.396 e. The van der Waals surface area contributed by atoms with Gasteiger partial charge in [0.2, 0.25) is 10.0 Å². The van der Waals surface area contributed by atoms with E-state index >= 15 is 0 Å². The zero-order chi connectivity index (χ0) is 13.9. The molecule has 1 N–H and O–H groups in total. The fourth-order valence-electron chi connectivity index (χ4n) is 2.71. The summed E-state index contributed by atoms with van der Waals surface area (Å²) >= 11 is 0. The van der Waals surface area contributed by atoms with Crippen LogP contribution < -0.4 is 0 Å². The number of aryl methyl sites for hydroxylation is 1. The summed E-state index contributed by atoms with van der Waals surface area (Å²) in [5.74, 6) is 0. The molecule has 1 unspecified atom stereocenters. The lowest BCUT2D eigenvalue weighted by Crippen LogP contribution is -2.36. The molecule has 2 rings (SSSR count). The van der Waals surface area contributed by atoms with E-state index in [2.05, 4.69) is 0 Å². The van der Waals surface area contributed by atoms with Gasteiger partial charge in [0.05, 0.1) is 4.90 Å². The highest BCUT2D eigenvalue weighted by atomic mass is 32.2. The molecule has 4 nitrogen and oxygen atoms in total. The first-order chi connectivity index (χ1) is 9.07. The van der Waals surface area contributed by atoms with Crippen LogP contribution in [0.5, 0.6) is 0 Å². The minimum atomic E-state index is -3.40. The van der Waals surface area contributed by atoms with Crippen molar-refractivity contribution < 1.29 is 13.5 Å². The third-order valence-electron chi connectivity index (χ3n) is 3.70. The van der Waals surface area contributed by atoms with E-state index in [-0.39, 0.29) is 12.6 Å². The monoisotopic (exact) mass is 283 g/mol. The Hall–Kier alpha value is -0.910. The van der Waals surface area contributed by atoms with Crippen LogP contribution in [0.25, 0.3) is 0 Å². The van der Waals surface area contributed by atoms with Gasteiger partial charge in [0.15, 0.2) is 0 Å². The molecule has 106 valence electrons. The molecular formula is C14H21NO3S. The van der Waals surface area contributed by atoms with Crippen LogP contribution in [0.3, 0.4) is 0 Å². The third kappa shape index (κ3) is 2.99. The highest BCUT2D eigenvalue weighted by molar-refractivity contribution is 7.89. The van der Waals surface area contributed by atoms with Crippen molar-refractivity contribution in [2.24, 2.45) is 0 Å². The molecule has 0 amide bonds. The van der Waals surface area contributed by atoms with Gasteiger partial charge in [-0.25, -0.2) is 8.42 Å². The van der Waals surface area contributed by atoms with Crippen LogP contribution in [-0.2, 0) is 10.0 Å². The van der Waals surface area contributed by atoms with Crippen LogP contribution in [0.15, 0.2) is 29.2 Å². The number of hydrogen-bond acceptors (Lipinski definition) is 3. The molecule has 1 atom stereocenters. The van der Waals surface area contributed by atoms with E-state index < -0.39 is 10.0 Å². The maximum Gasteiger partial charge on any atom is 0.243 e. The lowest BCUT2D eigenvalue weighted by atomic mass is 10.1. The molecule has 0 radical (unpaired) electrons. The predicted molar refractivity (Wildman–Crippen MR) is 74.4 cm³/mol. The quantitative estimate of drug-likeness (QED) is 0.898. The second-order valence-corrected chi connectivity index (χ2v) is 6.90. The summed E-state index contributed by atoms with van der Waals surface area (Å²) in [7, 11) is -3.40. The summed E-state index contributed by atoms with van der Waals surface area (Å²) in [5.41, 5.74) is 0.787. The van der Waals surface area contributed by atoms with Gasteiger partial charge in [0, 0.05) is 19.2 Å². The van der Waals surface area contributed by atoms with Crippen molar-refractivity contribution in [2.45, 2.75) is 43.5 Å². The molecule has 1 aromatic carbocycles. The van der Waals surface area contributed by atoms with Gasteiger partial charge in [-0.1, -0.05) is 18.2 Å². The average molecular weight is 283 g/mol. The van der Waals surface area contributed by atoms with Gasteiger partial charge in [0.25, 0.3) is 0 Å². The molecule has 0 spiro atoms. The van der Waals surface area contributed by atoms with Crippen LogP contribution in [0, 0.1) is 6.92 Å². The van der Waals surface area contributed by atoms with Gasteiger partial charge >= 0.3 is 0 Å². The normalized spacial score (nSPS) is 20.8. The zero-order valence-electron chi connectivity index (χ0n) is 11.2. The van der Waals surface area contributed by atoms with Gasteiger partial charge in [0.1, 0.15) is 0 Å². The Morgan fingerprint density at radius 3 is 2.79 bits per heavy atom.